The maximum atomic E-state index is 13.3. The standard InChI is InChI=1S/C29H43F3O3/c1-17-16-21-20(9-10-24(35-21)29(30,31)32)26(17,6)14-15-27-12-7-8-22-25(4,5)23(34-19(3)33)11-13-28(22,27)18(27)2/h10,17-18,20-23H,7-9,11-16H2,1-6H3. The average Bonchev–Trinajstić information content (AvgIpc) is 3.19. The largest absolute Gasteiger partial charge is 0.486 e. The Bertz CT molecular complexity index is 909. The molecule has 5 rings (SSSR count). The molecule has 0 amide bonds. The van der Waals surface area contributed by atoms with Crippen LogP contribution >= 0.6 is 0 Å². The van der Waals surface area contributed by atoms with Crippen LogP contribution in [0.2, 0.25) is 0 Å². The first kappa shape index (κ1) is 25.4. The molecule has 4 fully saturated rings. The third-order valence-corrected chi connectivity index (χ3v) is 12.3. The van der Waals surface area contributed by atoms with Gasteiger partial charge in [0.1, 0.15) is 12.2 Å². The Hall–Kier alpha value is -1.20. The summed E-state index contributed by atoms with van der Waals surface area (Å²) in [5.41, 5.74) is 0.590. The van der Waals surface area contributed by atoms with Crippen molar-refractivity contribution in [3.63, 3.8) is 0 Å². The van der Waals surface area contributed by atoms with E-state index in [0.29, 0.717) is 41.4 Å². The second-order valence-corrected chi connectivity index (χ2v) is 13.5. The van der Waals surface area contributed by atoms with E-state index in [1.807, 2.05) is 0 Å². The van der Waals surface area contributed by atoms with Gasteiger partial charge >= 0.3 is 12.1 Å². The van der Waals surface area contributed by atoms with Crippen molar-refractivity contribution in [1.29, 1.82) is 0 Å². The van der Waals surface area contributed by atoms with E-state index in [0.717, 1.165) is 25.7 Å². The van der Waals surface area contributed by atoms with Gasteiger partial charge in [0.2, 0.25) is 0 Å². The monoisotopic (exact) mass is 496 g/mol. The van der Waals surface area contributed by atoms with Crippen LogP contribution in [0.1, 0.15) is 99.3 Å². The van der Waals surface area contributed by atoms with E-state index in [4.69, 9.17) is 9.47 Å². The number of alkyl halides is 3. The highest BCUT2D eigenvalue weighted by Gasteiger charge is 2.79. The van der Waals surface area contributed by atoms with Crippen LogP contribution in [0, 0.1) is 45.3 Å². The summed E-state index contributed by atoms with van der Waals surface area (Å²) in [5, 5.41) is 0. The van der Waals surface area contributed by atoms with Gasteiger partial charge in [-0.15, -0.1) is 0 Å². The molecular weight excluding hydrogens is 453 g/mol. The second kappa shape index (κ2) is 7.90. The predicted octanol–water partition coefficient (Wildman–Crippen LogP) is 7.84. The Labute approximate surface area is 208 Å². The molecule has 1 aliphatic heterocycles. The van der Waals surface area contributed by atoms with Gasteiger partial charge in [0.05, 0.1) is 0 Å². The van der Waals surface area contributed by atoms with Crippen molar-refractivity contribution in [2.75, 3.05) is 0 Å². The topological polar surface area (TPSA) is 35.5 Å². The zero-order valence-electron chi connectivity index (χ0n) is 22.3. The summed E-state index contributed by atoms with van der Waals surface area (Å²) in [6, 6.07) is 0. The summed E-state index contributed by atoms with van der Waals surface area (Å²) < 4.78 is 51.2. The van der Waals surface area contributed by atoms with Gasteiger partial charge in [-0.1, -0.05) is 41.0 Å². The molecule has 6 heteroatoms. The molecule has 9 atom stereocenters. The van der Waals surface area contributed by atoms with E-state index in [9.17, 15) is 18.0 Å². The molecule has 0 N–H and O–H groups in total. The van der Waals surface area contributed by atoms with Crippen LogP contribution in [0.4, 0.5) is 13.2 Å². The number of fused-ring (bicyclic) bond motifs is 1. The molecule has 0 bridgehead atoms. The summed E-state index contributed by atoms with van der Waals surface area (Å²) in [5.74, 6) is 0.727. The quantitative estimate of drug-likeness (QED) is 0.372. The number of hydrogen-bond donors (Lipinski definition) is 0. The first-order valence-electron chi connectivity index (χ1n) is 13.8. The van der Waals surface area contributed by atoms with Gasteiger partial charge in [-0.3, -0.25) is 4.79 Å². The Morgan fingerprint density at radius 3 is 2.51 bits per heavy atom. The molecule has 5 aliphatic rings. The molecule has 35 heavy (non-hydrogen) atoms. The van der Waals surface area contributed by atoms with E-state index in [2.05, 4.69) is 34.6 Å². The normalized spacial score (nSPS) is 48.1. The van der Waals surface area contributed by atoms with Gasteiger partial charge in [-0.2, -0.15) is 13.2 Å². The highest BCUT2D eigenvalue weighted by atomic mass is 19.4. The molecule has 4 saturated carbocycles. The van der Waals surface area contributed by atoms with Crippen molar-refractivity contribution >= 4 is 5.97 Å². The van der Waals surface area contributed by atoms with Crippen LogP contribution in [-0.2, 0) is 14.3 Å². The highest BCUT2D eigenvalue weighted by molar-refractivity contribution is 5.66. The van der Waals surface area contributed by atoms with Crippen LogP contribution < -0.4 is 0 Å². The maximum absolute atomic E-state index is 13.3. The van der Waals surface area contributed by atoms with E-state index in [-0.39, 0.29) is 34.9 Å². The van der Waals surface area contributed by atoms with Crippen LogP contribution in [0.3, 0.4) is 0 Å². The number of hydrogen-bond acceptors (Lipinski definition) is 3. The lowest BCUT2D eigenvalue weighted by atomic mass is 9.53. The number of halogens is 3. The number of rotatable bonds is 4. The van der Waals surface area contributed by atoms with Gasteiger partial charge in [0.15, 0.2) is 5.76 Å². The minimum Gasteiger partial charge on any atom is -0.486 e. The molecule has 0 saturated heterocycles. The van der Waals surface area contributed by atoms with Crippen LogP contribution in [0.25, 0.3) is 0 Å². The number of carbonyl (C=O) groups excluding carboxylic acids is 1. The van der Waals surface area contributed by atoms with Gasteiger partial charge in [-0.05, 0) is 91.4 Å². The van der Waals surface area contributed by atoms with Crippen molar-refractivity contribution in [3.8, 4) is 0 Å². The molecule has 1 heterocycles. The fraction of sp³-hybridized carbons (Fsp3) is 0.897. The van der Waals surface area contributed by atoms with Gasteiger partial charge < -0.3 is 9.47 Å². The molecule has 198 valence electrons. The van der Waals surface area contributed by atoms with Gasteiger partial charge in [0, 0.05) is 18.3 Å². The molecule has 9 unspecified atom stereocenters. The summed E-state index contributed by atoms with van der Waals surface area (Å²) in [6.07, 6.45) is 5.69. The zero-order valence-corrected chi connectivity index (χ0v) is 22.3. The molecule has 0 aromatic heterocycles. The Morgan fingerprint density at radius 2 is 1.86 bits per heavy atom. The second-order valence-electron chi connectivity index (χ2n) is 13.5. The first-order chi connectivity index (χ1) is 16.2. The summed E-state index contributed by atoms with van der Waals surface area (Å²) >= 11 is 0. The van der Waals surface area contributed by atoms with E-state index in [1.165, 1.54) is 32.3 Å². The molecule has 0 aromatic carbocycles. The number of allylic oxidation sites excluding steroid dienone is 2. The highest BCUT2D eigenvalue weighted by Crippen LogP contribution is 2.85. The zero-order chi connectivity index (χ0) is 25.6. The molecular formula is C29H43F3O3. The Balaban J connectivity index is 1.35. The minimum atomic E-state index is -4.39. The number of esters is 1. The Kier molecular flexibility index (Phi) is 5.74. The molecule has 0 radical (unpaired) electrons. The maximum Gasteiger partial charge on any atom is 0.448 e. The fourth-order valence-electron chi connectivity index (χ4n) is 10.2. The van der Waals surface area contributed by atoms with E-state index in [1.54, 1.807) is 0 Å². The molecule has 1 spiro atoms. The molecule has 4 aliphatic carbocycles. The van der Waals surface area contributed by atoms with Crippen molar-refractivity contribution in [3.05, 3.63) is 11.8 Å². The lowest BCUT2D eigenvalue weighted by Crippen LogP contribution is -2.50. The lowest BCUT2D eigenvalue weighted by molar-refractivity contribution is -0.167. The van der Waals surface area contributed by atoms with Gasteiger partial charge in [-0.25, -0.2) is 0 Å². The van der Waals surface area contributed by atoms with Crippen LogP contribution in [0.15, 0.2) is 11.8 Å². The van der Waals surface area contributed by atoms with Gasteiger partial charge in [0.25, 0.3) is 0 Å². The lowest BCUT2D eigenvalue weighted by Gasteiger charge is -2.53. The minimum absolute atomic E-state index is 0.00600. The predicted molar refractivity (Wildman–Crippen MR) is 128 cm³/mol. The number of ether oxygens (including phenoxy) is 2. The third-order valence-electron chi connectivity index (χ3n) is 12.3. The third kappa shape index (κ3) is 3.46. The molecule has 3 nitrogen and oxygen atoms in total. The fourth-order valence-corrected chi connectivity index (χ4v) is 10.2. The van der Waals surface area contributed by atoms with Crippen molar-refractivity contribution < 1.29 is 27.4 Å². The summed E-state index contributed by atoms with van der Waals surface area (Å²) in [4.78, 5) is 11.8. The average molecular weight is 497 g/mol. The van der Waals surface area contributed by atoms with Crippen molar-refractivity contribution in [2.45, 2.75) is 118 Å². The van der Waals surface area contributed by atoms with Crippen LogP contribution in [0.5, 0.6) is 0 Å². The van der Waals surface area contributed by atoms with E-state index < -0.39 is 11.9 Å². The van der Waals surface area contributed by atoms with E-state index >= 15 is 0 Å². The van der Waals surface area contributed by atoms with Crippen molar-refractivity contribution in [2.24, 2.45) is 45.3 Å². The summed E-state index contributed by atoms with van der Waals surface area (Å²) in [6.45, 7) is 13.1. The van der Waals surface area contributed by atoms with Crippen molar-refractivity contribution in [1.82, 2.24) is 0 Å². The van der Waals surface area contributed by atoms with Crippen LogP contribution in [-0.4, -0.2) is 24.4 Å². The Morgan fingerprint density at radius 1 is 1.14 bits per heavy atom. The SMILES string of the molecule is CC(=O)OC1CCC23C(CCCC2(CCC2(C)C(C)CC4OC(C(F)(F)F)=CCC42)C3C)C1(C)C. The summed E-state index contributed by atoms with van der Waals surface area (Å²) in [7, 11) is 0. The molecule has 0 aromatic rings. The smallest absolute Gasteiger partial charge is 0.448 e. The number of carbonyl (C=O) groups is 1. The first-order valence-corrected chi connectivity index (χ1v) is 13.8.